The van der Waals surface area contributed by atoms with Crippen LogP contribution in [0.4, 0.5) is 10.1 Å². The van der Waals surface area contributed by atoms with E-state index in [4.69, 9.17) is 37.4 Å². The number of fused-ring (bicyclic) bond motifs is 1. The molecule has 2 amide bonds. The first-order valence-electron chi connectivity index (χ1n) is 12.1. The molecule has 2 aromatic carbocycles. The van der Waals surface area contributed by atoms with Gasteiger partial charge in [-0.2, -0.15) is 0 Å². The summed E-state index contributed by atoms with van der Waals surface area (Å²) in [7, 11) is -2.41. The molecule has 4 aliphatic rings. The summed E-state index contributed by atoms with van der Waals surface area (Å²) in [6.45, 7) is -0.522. The number of sulfonamides is 1. The molecule has 3 aliphatic carbocycles. The number of rotatable bonds is 10. The van der Waals surface area contributed by atoms with Crippen LogP contribution in [0.25, 0.3) is 0 Å². The number of nitrogens with zero attached hydrogens (tertiary/aromatic N) is 1. The van der Waals surface area contributed by atoms with E-state index in [1.807, 2.05) is 0 Å². The molecular weight excluding hydrogens is 576 g/mol. The topological polar surface area (TPSA) is 123 Å². The number of ether oxygens (including phenoxy) is 3. The molecule has 2 bridgehead atoms. The monoisotopic (exact) mass is 601 g/mol. The Morgan fingerprint density at radius 1 is 1.13 bits per heavy atom. The summed E-state index contributed by atoms with van der Waals surface area (Å²) in [6.07, 6.45) is 0.467. The molecule has 3 fully saturated rings. The van der Waals surface area contributed by atoms with E-state index >= 15 is 0 Å². The molecule has 6 rings (SSSR count). The lowest BCUT2D eigenvalue weighted by Gasteiger charge is -2.70. The molecule has 210 valence electrons. The second kappa shape index (κ2) is 10.3. The third kappa shape index (κ3) is 5.60. The Morgan fingerprint density at radius 3 is 2.54 bits per heavy atom. The largest absolute Gasteiger partial charge is 0.484 e. The van der Waals surface area contributed by atoms with E-state index in [0.29, 0.717) is 24.3 Å². The zero-order valence-corrected chi connectivity index (χ0v) is 23.2. The first-order chi connectivity index (χ1) is 18.4. The minimum absolute atomic E-state index is 0.00894. The van der Waals surface area contributed by atoms with Gasteiger partial charge in [0.05, 0.1) is 29.6 Å². The molecule has 0 spiro atoms. The van der Waals surface area contributed by atoms with Gasteiger partial charge in [-0.3, -0.25) is 13.9 Å². The predicted molar refractivity (Wildman–Crippen MR) is 141 cm³/mol. The minimum atomic E-state index is -3.82. The second-order valence-electron chi connectivity index (χ2n) is 10.1. The average Bonchev–Trinajstić information content (AvgIpc) is 2.85. The third-order valence-corrected chi connectivity index (χ3v) is 9.29. The molecule has 1 unspecified atom stereocenters. The number of hydrogen-bond donors (Lipinski definition) is 2. The molecule has 2 aromatic rings. The molecule has 3 saturated carbocycles. The molecule has 1 heterocycles. The smallest absolute Gasteiger partial charge is 0.263 e. The number of carbonyl (C=O) groups is 2. The fourth-order valence-electron chi connectivity index (χ4n) is 5.37. The lowest BCUT2D eigenvalue weighted by molar-refractivity contribution is -0.153. The quantitative estimate of drug-likeness (QED) is 0.429. The summed E-state index contributed by atoms with van der Waals surface area (Å²) in [5, 5.41) is 6.19. The highest BCUT2D eigenvalue weighted by atomic mass is 35.5. The number of carbonyl (C=O) groups excluding carboxylic acids is 2. The van der Waals surface area contributed by atoms with Crippen LogP contribution >= 0.6 is 23.2 Å². The van der Waals surface area contributed by atoms with Gasteiger partial charge in [0.15, 0.2) is 12.7 Å². The van der Waals surface area contributed by atoms with E-state index in [0.717, 1.165) is 10.4 Å². The minimum Gasteiger partial charge on any atom is -0.484 e. The van der Waals surface area contributed by atoms with Crippen LogP contribution in [0.2, 0.25) is 10.0 Å². The van der Waals surface area contributed by atoms with Crippen LogP contribution in [0.5, 0.6) is 11.5 Å². The number of benzene rings is 2. The van der Waals surface area contributed by atoms with E-state index in [1.165, 1.54) is 31.4 Å². The van der Waals surface area contributed by atoms with E-state index in [2.05, 4.69) is 10.6 Å². The van der Waals surface area contributed by atoms with Crippen LogP contribution in [-0.4, -0.2) is 70.0 Å². The average molecular weight is 602 g/mol. The number of hydrogen-bond acceptors (Lipinski definition) is 7. The molecular formula is C25H26Cl2FN3O7S. The Bertz CT molecular complexity index is 1400. The van der Waals surface area contributed by atoms with Crippen molar-refractivity contribution in [2.24, 2.45) is 0 Å². The lowest BCUT2D eigenvalue weighted by Crippen LogP contribution is -2.84. The van der Waals surface area contributed by atoms with Crippen molar-refractivity contribution in [1.29, 1.82) is 0 Å². The van der Waals surface area contributed by atoms with Crippen molar-refractivity contribution in [3.63, 3.8) is 0 Å². The summed E-state index contributed by atoms with van der Waals surface area (Å²) in [6, 6.07) is 8.48. The van der Waals surface area contributed by atoms with Gasteiger partial charge < -0.3 is 24.8 Å². The Labute approximate surface area is 234 Å². The standard InChI is InChI=1S/C25H26Cl2FN3O7S/c1-36-6-7-39(34,35)31-10-21(38-20-5-2-15(26)8-19(20)31)23(33)30-25-12-24(13-25,14-25)29-22(32)11-37-16-3-4-17(27)18(28)9-16/h2-5,8-9,21H,6-7,10-14H2,1H3,(H,29,32)(H,30,33). The second-order valence-corrected chi connectivity index (χ2v) is 12.9. The Balaban J connectivity index is 1.16. The molecule has 0 radical (unpaired) electrons. The summed E-state index contributed by atoms with van der Waals surface area (Å²) in [5.41, 5.74) is -0.697. The number of methoxy groups -OCH3 is 1. The van der Waals surface area contributed by atoms with Crippen LogP contribution in [0.3, 0.4) is 0 Å². The summed E-state index contributed by atoms with van der Waals surface area (Å²) in [5.74, 6) is -1.32. The highest BCUT2D eigenvalue weighted by molar-refractivity contribution is 7.92. The fraction of sp³-hybridized carbons (Fsp3) is 0.440. The zero-order valence-electron chi connectivity index (χ0n) is 20.8. The molecule has 14 heteroatoms. The van der Waals surface area contributed by atoms with Crippen molar-refractivity contribution in [2.45, 2.75) is 36.4 Å². The molecule has 2 N–H and O–H groups in total. The summed E-state index contributed by atoms with van der Waals surface area (Å²) in [4.78, 5) is 25.6. The maximum Gasteiger partial charge on any atom is 0.263 e. The Hall–Kier alpha value is -2.80. The summed E-state index contributed by atoms with van der Waals surface area (Å²) < 4.78 is 56.8. The Morgan fingerprint density at radius 2 is 1.85 bits per heavy atom. The van der Waals surface area contributed by atoms with Crippen molar-refractivity contribution in [1.82, 2.24) is 10.6 Å². The highest BCUT2D eigenvalue weighted by Crippen LogP contribution is 2.60. The summed E-state index contributed by atoms with van der Waals surface area (Å²) >= 11 is 11.7. The van der Waals surface area contributed by atoms with Gasteiger partial charge in [0, 0.05) is 29.3 Å². The van der Waals surface area contributed by atoms with E-state index in [1.54, 1.807) is 6.07 Å². The number of halogens is 3. The maximum atomic E-state index is 13.5. The van der Waals surface area contributed by atoms with Crippen molar-refractivity contribution >= 4 is 50.7 Å². The van der Waals surface area contributed by atoms with Crippen LogP contribution < -0.4 is 24.4 Å². The van der Waals surface area contributed by atoms with Gasteiger partial charge in [-0.05, 0) is 49.6 Å². The van der Waals surface area contributed by atoms with Gasteiger partial charge in [-0.25, -0.2) is 12.8 Å². The van der Waals surface area contributed by atoms with Gasteiger partial charge in [0.25, 0.3) is 11.8 Å². The van der Waals surface area contributed by atoms with E-state index in [-0.39, 0.29) is 53.6 Å². The first kappa shape index (κ1) is 27.8. The van der Waals surface area contributed by atoms with Gasteiger partial charge in [-0.1, -0.05) is 23.2 Å². The number of amides is 2. The molecule has 10 nitrogen and oxygen atoms in total. The van der Waals surface area contributed by atoms with Crippen LogP contribution in [0, 0.1) is 5.82 Å². The number of anilines is 1. The van der Waals surface area contributed by atoms with Crippen LogP contribution in [0.1, 0.15) is 19.3 Å². The molecule has 1 aliphatic heterocycles. The normalized spacial score (nSPS) is 24.9. The molecule has 0 saturated heterocycles. The molecule has 39 heavy (non-hydrogen) atoms. The van der Waals surface area contributed by atoms with Crippen molar-refractivity contribution in [3.8, 4) is 11.5 Å². The Kier molecular flexibility index (Phi) is 7.34. The van der Waals surface area contributed by atoms with Crippen molar-refractivity contribution in [2.75, 3.05) is 36.9 Å². The van der Waals surface area contributed by atoms with Crippen molar-refractivity contribution in [3.05, 3.63) is 52.3 Å². The zero-order chi connectivity index (χ0) is 28.0. The third-order valence-electron chi connectivity index (χ3n) is 7.05. The predicted octanol–water partition coefficient (Wildman–Crippen LogP) is 2.66. The van der Waals surface area contributed by atoms with Crippen LogP contribution in [-0.2, 0) is 24.3 Å². The maximum absolute atomic E-state index is 13.5. The molecule has 0 aromatic heterocycles. The highest BCUT2D eigenvalue weighted by Gasteiger charge is 2.69. The van der Waals surface area contributed by atoms with Gasteiger partial charge in [0.2, 0.25) is 10.0 Å². The van der Waals surface area contributed by atoms with Crippen molar-refractivity contribution < 1.29 is 36.6 Å². The fourth-order valence-corrected chi connectivity index (χ4v) is 7.05. The van der Waals surface area contributed by atoms with Gasteiger partial charge in [0.1, 0.15) is 17.3 Å². The lowest BCUT2D eigenvalue weighted by atomic mass is 9.44. The number of nitrogens with one attached hydrogen (secondary N) is 2. The first-order valence-corrected chi connectivity index (χ1v) is 14.5. The SMILES string of the molecule is COCCS(=O)(=O)N1CC(C(=O)NC23CC(NC(=O)COc4ccc(Cl)c(F)c4)(C2)C3)Oc2ccc(Cl)cc21. The van der Waals surface area contributed by atoms with E-state index < -0.39 is 38.9 Å². The van der Waals surface area contributed by atoms with Gasteiger partial charge in [-0.15, -0.1) is 0 Å². The molecule has 1 atom stereocenters. The van der Waals surface area contributed by atoms with Crippen LogP contribution in [0.15, 0.2) is 36.4 Å². The van der Waals surface area contributed by atoms with E-state index in [9.17, 15) is 22.4 Å². The van der Waals surface area contributed by atoms with Gasteiger partial charge >= 0.3 is 0 Å².